The second kappa shape index (κ2) is 7.43. The summed E-state index contributed by atoms with van der Waals surface area (Å²) < 4.78 is 5.30. The molecule has 0 spiro atoms. The summed E-state index contributed by atoms with van der Waals surface area (Å²) in [5.74, 6) is 0.577. The van der Waals surface area contributed by atoms with Gasteiger partial charge in [0.1, 0.15) is 5.60 Å². The van der Waals surface area contributed by atoms with E-state index in [1.807, 2.05) is 45.0 Å². The second-order valence-electron chi connectivity index (χ2n) is 7.96. The lowest BCUT2D eigenvalue weighted by Gasteiger charge is -2.40. The highest BCUT2D eigenvalue weighted by Gasteiger charge is 2.28. The van der Waals surface area contributed by atoms with Crippen LogP contribution in [0, 0.1) is 5.92 Å². The number of rotatable bonds is 3. The van der Waals surface area contributed by atoms with Crippen molar-refractivity contribution >= 4 is 17.5 Å². The Labute approximate surface area is 145 Å². The summed E-state index contributed by atoms with van der Waals surface area (Å²) in [4.78, 5) is 14.3. The van der Waals surface area contributed by atoms with Crippen LogP contribution in [0.5, 0.6) is 0 Å². The van der Waals surface area contributed by atoms with E-state index in [0.717, 1.165) is 24.3 Å². The third kappa shape index (κ3) is 5.41. The number of carbonyl (C=O) groups excluding carboxylic acids is 1. The van der Waals surface area contributed by atoms with Crippen molar-refractivity contribution in [3.05, 3.63) is 24.3 Å². The summed E-state index contributed by atoms with van der Waals surface area (Å²) in [6.07, 6.45) is 0.683. The number of benzene rings is 1. The molecule has 1 amide bonds. The lowest BCUT2D eigenvalue weighted by molar-refractivity contribution is 0.0636. The number of ether oxygens (including phenoxy) is 1. The van der Waals surface area contributed by atoms with Crippen molar-refractivity contribution in [2.45, 2.75) is 58.7 Å². The van der Waals surface area contributed by atoms with Crippen LogP contribution in [0.15, 0.2) is 24.3 Å². The third-order valence-corrected chi connectivity index (χ3v) is 4.47. The van der Waals surface area contributed by atoms with Gasteiger partial charge in [-0.3, -0.25) is 5.32 Å². The molecular weight excluding hydrogens is 302 g/mol. The Bertz CT molecular complexity index is 568. The first-order valence-corrected chi connectivity index (χ1v) is 8.71. The van der Waals surface area contributed by atoms with Crippen LogP contribution in [0.1, 0.15) is 41.0 Å². The van der Waals surface area contributed by atoms with Crippen molar-refractivity contribution in [1.82, 2.24) is 4.90 Å². The SMILES string of the molecule is CC1CN(C)C(C)CC1Nc1cccc(NC(=O)OC(C)(C)C)c1. The van der Waals surface area contributed by atoms with Gasteiger partial charge in [0, 0.05) is 30.0 Å². The molecule has 5 nitrogen and oxygen atoms in total. The Morgan fingerprint density at radius 2 is 1.92 bits per heavy atom. The average molecular weight is 333 g/mol. The highest BCUT2D eigenvalue weighted by atomic mass is 16.6. The summed E-state index contributed by atoms with van der Waals surface area (Å²) in [5, 5.41) is 6.42. The molecule has 0 aliphatic carbocycles. The smallest absolute Gasteiger partial charge is 0.412 e. The number of amides is 1. The van der Waals surface area contributed by atoms with Crippen LogP contribution in [0.4, 0.5) is 16.2 Å². The van der Waals surface area contributed by atoms with Gasteiger partial charge in [-0.2, -0.15) is 0 Å². The van der Waals surface area contributed by atoms with Crippen LogP contribution in [0.3, 0.4) is 0 Å². The summed E-state index contributed by atoms with van der Waals surface area (Å²) in [6.45, 7) is 11.2. The molecule has 0 aromatic heterocycles. The standard InChI is InChI=1S/C19H31N3O2/c1-13-12-22(6)14(2)10-17(13)20-15-8-7-9-16(11-15)21-18(23)24-19(3,4)5/h7-9,11,13-14,17,20H,10,12H2,1-6H3,(H,21,23). The maximum Gasteiger partial charge on any atom is 0.412 e. The van der Waals surface area contributed by atoms with Gasteiger partial charge in [0.25, 0.3) is 0 Å². The van der Waals surface area contributed by atoms with E-state index in [0.29, 0.717) is 18.0 Å². The van der Waals surface area contributed by atoms with Gasteiger partial charge in [-0.1, -0.05) is 13.0 Å². The molecule has 0 saturated carbocycles. The number of nitrogens with one attached hydrogen (secondary N) is 2. The van der Waals surface area contributed by atoms with Gasteiger partial charge < -0.3 is 15.0 Å². The lowest BCUT2D eigenvalue weighted by Crippen LogP contribution is -2.48. The zero-order valence-electron chi connectivity index (χ0n) is 15.7. The topological polar surface area (TPSA) is 53.6 Å². The molecule has 1 aromatic rings. The summed E-state index contributed by atoms with van der Waals surface area (Å²) in [7, 11) is 2.18. The van der Waals surface area contributed by atoms with Crippen molar-refractivity contribution < 1.29 is 9.53 Å². The predicted molar refractivity (Wildman–Crippen MR) is 99.6 cm³/mol. The fraction of sp³-hybridized carbons (Fsp3) is 0.632. The van der Waals surface area contributed by atoms with Crippen molar-refractivity contribution in [3.63, 3.8) is 0 Å². The largest absolute Gasteiger partial charge is 0.444 e. The van der Waals surface area contributed by atoms with Gasteiger partial charge in [0.05, 0.1) is 0 Å². The van der Waals surface area contributed by atoms with Crippen molar-refractivity contribution in [3.8, 4) is 0 Å². The number of nitrogens with zero attached hydrogens (tertiary/aromatic N) is 1. The van der Waals surface area contributed by atoms with Gasteiger partial charge >= 0.3 is 6.09 Å². The Morgan fingerprint density at radius 1 is 1.25 bits per heavy atom. The third-order valence-electron chi connectivity index (χ3n) is 4.47. The second-order valence-corrected chi connectivity index (χ2v) is 7.96. The average Bonchev–Trinajstić information content (AvgIpc) is 2.43. The lowest BCUT2D eigenvalue weighted by atomic mass is 9.89. The highest BCUT2D eigenvalue weighted by Crippen LogP contribution is 2.25. The Balaban J connectivity index is 1.99. The molecule has 0 radical (unpaired) electrons. The minimum Gasteiger partial charge on any atom is -0.444 e. The van der Waals surface area contributed by atoms with Gasteiger partial charge in [0.15, 0.2) is 0 Å². The molecule has 5 heteroatoms. The first kappa shape index (κ1) is 18.6. The molecule has 2 N–H and O–H groups in total. The fourth-order valence-electron chi connectivity index (χ4n) is 3.06. The van der Waals surface area contributed by atoms with E-state index in [1.165, 1.54) is 0 Å². The van der Waals surface area contributed by atoms with Gasteiger partial charge in [-0.05, 0) is 65.3 Å². The Hall–Kier alpha value is -1.75. The molecular formula is C19H31N3O2. The number of likely N-dealkylation sites (tertiary alicyclic amines) is 1. The fourth-order valence-corrected chi connectivity index (χ4v) is 3.06. The van der Waals surface area contributed by atoms with Crippen molar-refractivity contribution in [2.75, 3.05) is 24.2 Å². The van der Waals surface area contributed by atoms with Crippen LogP contribution in [0.2, 0.25) is 0 Å². The van der Waals surface area contributed by atoms with E-state index >= 15 is 0 Å². The molecule has 1 fully saturated rings. The van der Waals surface area contributed by atoms with Crippen LogP contribution in [0.25, 0.3) is 0 Å². The molecule has 24 heavy (non-hydrogen) atoms. The maximum absolute atomic E-state index is 11.9. The van der Waals surface area contributed by atoms with Crippen LogP contribution in [-0.2, 0) is 4.74 Å². The zero-order chi connectivity index (χ0) is 17.9. The molecule has 1 heterocycles. The van der Waals surface area contributed by atoms with E-state index in [-0.39, 0.29) is 0 Å². The van der Waals surface area contributed by atoms with Crippen LogP contribution < -0.4 is 10.6 Å². The number of hydrogen-bond acceptors (Lipinski definition) is 4. The maximum atomic E-state index is 11.9. The minimum absolute atomic E-state index is 0.430. The zero-order valence-corrected chi connectivity index (χ0v) is 15.7. The van der Waals surface area contributed by atoms with E-state index in [1.54, 1.807) is 0 Å². The minimum atomic E-state index is -0.500. The van der Waals surface area contributed by atoms with E-state index in [9.17, 15) is 4.79 Å². The van der Waals surface area contributed by atoms with Gasteiger partial charge in [0.2, 0.25) is 0 Å². The van der Waals surface area contributed by atoms with E-state index in [2.05, 4.69) is 36.4 Å². The Kier molecular flexibility index (Phi) is 5.75. The van der Waals surface area contributed by atoms with Crippen LogP contribution in [-0.4, -0.2) is 42.3 Å². The van der Waals surface area contributed by atoms with Crippen molar-refractivity contribution in [2.24, 2.45) is 5.92 Å². The molecule has 1 aliphatic rings. The number of piperidine rings is 1. The number of hydrogen-bond donors (Lipinski definition) is 2. The first-order valence-electron chi connectivity index (χ1n) is 8.71. The van der Waals surface area contributed by atoms with Gasteiger partial charge in [-0.25, -0.2) is 4.79 Å². The molecule has 3 unspecified atom stereocenters. The molecule has 1 saturated heterocycles. The molecule has 2 rings (SSSR count). The quantitative estimate of drug-likeness (QED) is 0.871. The molecule has 1 aromatic carbocycles. The summed E-state index contributed by atoms with van der Waals surface area (Å²) in [5.41, 5.74) is 1.26. The van der Waals surface area contributed by atoms with E-state index in [4.69, 9.17) is 4.74 Å². The number of anilines is 2. The van der Waals surface area contributed by atoms with Gasteiger partial charge in [-0.15, -0.1) is 0 Å². The summed E-state index contributed by atoms with van der Waals surface area (Å²) in [6, 6.07) is 8.82. The monoisotopic (exact) mass is 333 g/mol. The first-order chi connectivity index (χ1) is 11.1. The molecule has 0 bridgehead atoms. The van der Waals surface area contributed by atoms with E-state index < -0.39 is 11.7 Å². The highest BCUT2D eigenvalue weighted by molar-refractivity contribution is 5.85. The van der Waals surface area contributed by atoms with Crippen molar-refractivity contribution in [1.29, 1.82) is 0 Å². The molecule has 1 aliphatic heterocycles. The number of carbonyl (C=O) groups is 1. The predicted octanol–water partition coefficient (Wildman–Crippen LogP) is 4.17. The summed E-state index contributed by atoms with van der Waals surface area (Å²) >= 11 is 0. The molecule has 134 valence electrons. The molecule has 3 atom stereocenters. The normalized spacial score (nSPS) is 25.2. The Morgan fingerprint density at radius 3 is 2.58 bits per heavy atom. The van der Waals surface area contributed by atoms with Crippen LogP contribution >= 0.6 is 0 Å².